The summed E-state index contributed by atoms with van der Waals surface area (Å²) >= 11 is 3.36. The van der Waals surface area contributed by atoms with Gasteiger partial charge in [0.15, 0.2) is 11.5 Å². The molecule has 2 aromatic carbocycles. The van der Waals surface area contributed by atoms with E-state index in [0.717, 1.165) is 15.8 Å². The van der Waals surface area contributed by atoms with Crippen molar-refractivity contribution in [1.29, 1.82) is 0 Å². The van der Waals surface area contributed by atoms with Crippen molar-refractivity contribution >= 4 is 27.5 Å². The predicted octanol–water partition coefficient (Wildman–Crippen LogP) is 3.37. The van der Waals surface area contributed by atoms with Crippen molar-refractivity contribution in [3.63, 3.8) is 0 Å². The van der Waals surface area contributed by atoms with Crippen LogP contribution in [-0.4, -0.2) is 46.0 Å². The van der Waals surface area contributed by atoms with E-state index < -0.39 is 0 Å². The van der Waals surface area contributed by atoms with Crippen molar-refractivity contribution in [1.82, 2.24) is 25.1 Å². The third-order valence-electron chi connectivity index (χ3n) is 4.31. The average molecular weight is 468 g/mol. The molecule has 0 atom stereocenters. The molecule has 0 aliphatic rings. The number of ether oxygens (including phenoxy) is 2. The van der Waals surface area contributed by atoms with Gasteiger partial charge in [-0.3, -0.25) is 4.79 Å². The molecule has 0 spiro atoms. The van der Waals surface area contributed by atoms with Crippen LogP contribution in [0.1, 0.15) is 10.4 Å². The Hall–Kier alpha value is -3.46. The smallest absolute Gasteiger partial charge is 0.251 e. The van der Waals surface area contributed by atoms with Gasteiger partial charge in [0.05, 0.1) is 13.7 Å². The lowest BCUT2D eigenvalue weighted by atomic mass is 10.2. The third kappa shape index (κ3) is 4.41. The summed E-state index contributed by atoms with van der Waals surface area (Å²) in [6, 6.07) is 18.2. The van der Waals surface area contributed by atoms with Crippen molar-refractivity contribution in [2.24, 2.45) is 0 Å². The highest BCUT2D eigenvalue weighted by molar-refractivity contribution is 9.10. The maximum absolute atomic E-state index is 12.2. The molecular formula is C21H18BrN5O3. The fourth-order valence-electron chi connectivity index (χ4n) is 2.82. The first-order chi connectivity index (χ1) is 14.6. The van der Waals surface area contributed by atoms with Crippen LogP contribution in [0.15, 0.2) is 65.1 Å². The van der Waals surface area contributed by atoms with Crippen LogP contribution in [0.3, 0.4) is 0 Å². The standard InChI is InChI=1S/C21H18BrN5O3/c1-29-17-7-5-14(6-8-17)20-25-24-18-9-10-19(26-27(18)20)30-12-11-23-21(28)15-3-2-4-16(22)13-15/h2-10,13H,11-12H2,1H3,(H,23,28). The summed E-state index contributed by atoms with van der Waals surface area (Å²) in [5, 5.41) is 15.6. The van der Waals surface area contributed by atoms with Crippen LogP contribution >= 0.6 is 15.9 Å². The topological polar surface area (TPSA) is 90.6 Å². The van der Waals surface area contributed by atoms with Crippen molar-refractivity contribution in [2.75, 3.05) is 20.3 Å². The molecule has 0 saturated heterocycles. The van der Waals surface area contributed by atoms with Gasteiger partial charge in [-0.15, -0.1) is 15.3 Å². The Kier molecular flexibility index (Phi) is 5.89. The number of hydrogen-bond acceptors (Lipinski definition) is 6. The number of hydrogen-bond donors (Lipinski definition) is 1. The Morgan fingerprint density at radius 3 is 2.70 bits per heavy atom. The normalized spacial score (nSPS) is 10.7. The van der Waals surface area contributed by atoms with Gasteiger partial charge in [0.25, 0.3) is 5.91 Å². The number of carbonyl (C=O) groups is 1. The molecule has 152 valence electrons. The van der Waals surface area contributed by atoms with E-state index in [-0.39, 0.29) is 12.5 Å². The van der Waals surface area contributed by atoms with Gasteiger partial charge in [0, 0.05) is 21.7 Å². The van der Waals surface area contributed by atoms with Gasteiger partial charge in [-0.2, -0.15) is 4.52 Å². The summed E-state index contributed by atoms with van der Waals surface area (Å²) in [5.74, 6) is 1.60. The number of benzene rings is 2. The van der Waals surface area contributed by atoms with Gasteiger partial charge in [-0.1, -0.05) is 22.0 Å². The number of amides is 1. The van der Waals surface area contributed by atoms with Gasteiger partial charge in [-0.25, -0.2) is 0 Å². The van der Waals surface area contributed by atoms with Crippen LogP contribution in [0, 0.1) is 0 Å². The molecular weight excluding hydrogens is 450 g/mol. The first-order valence-corrected chi connectivity index (χ1v) is 9.97. The second-order valence-corrected chi connectivity index (χ2v) is 7.22. The zero-order valence-electron chi connectivity index (χ0n) is 16.1. The minimum atomic E-state index is -0.163. The molecule has 8 nitrogen and oxygen atoms in total. The Balaban J connectivity index is 1.40. The molecule has 0 fully saturated rings. The highest BCUT2D eigenvalue weighted by Gasteiger charge is 2.11. The predicted molar refractivity (Wildman–Crippen MR) is 115 cm³/mol. The summed E-state index contributed by atoms with van der Waals surface area (Å²) < 4.78 is 13.4. The van der Waals surface area contributed by atoms with Crippen LogP contribution in [0.4, 0.5) is 0 Å². The molecule has 0 radical (unpaired) electrons. The number of halogens is 1. The van der Waals surface area contributed by atoms with E-state index >= 15 is 0 Å². The van der Waals surface area contributed by atoms with Crippen LogP contribution in [0.25, 0.3) is 17.0 Å². The Morgan fingerprint density at radius 2 is 1.93 bits per heavy atom. The first-order valence-electron chi connectivity index (χ1n) is 9.17. The van der Waals surface area contributed by atoms with E-state index in [1.54, 1.807) is 35.9 Å². The summed E-state index contributed by atoms with van der Waals surface area (Å²) in [4.78, 5) is 12.2. The fraction of sp³-hybridized carbons (Fsp3) is 0.143. The lowest BCUT2D eigenvalue weighted by Crippen LogP contribution is -2.28. The van der Waals surface area contributed by atoms with Crippen molar-refractivity contribution in [2.45, 2.75) is 0 Å². The Morgan fingerprint density at radius 1 is 1.10 bits per heavy atom. The van der Waals surface area contributed by atoms with Gasteiger partial charge in [0.2, 0.25) is 5.88 Å². The molecule has 9 heteroatoms. The molecule has 30 heavy (non-hydrogen) atoms. The molecule has 2 aromatic heterocycles. The number of aromatic nitrogens is 4. The number of carbonyl (C=O) groups excluding carboxylic acids is 1. The van der Waals surface area contributed by atoms with Crippen LogP contribution in [0.2, 0.25) is 0 Å². The van der Waals surface area contributed by atoms with Crippen molar-refractivity contribution in [3.8, 4) is 23.0 Å². The fourth-order valence-corrected chi connectivity index (χ4v) is 3.22. The van der Waals surface area contributed by atoms with Crippen LogP contribution < -0.4 is 14.8 Å². The maximum Gasteiger partial charge on any atom is 0.251 e. The van der Waals surface area contributed by atoms with Crippen molar-refractivity contribution in [3.05, 3.63) is 70.7 Å². The van der Waals surface area contributed by atoms with Gasteiger partial charge < -0.3 is 14.8 Å². The molecule has 4 rings (SSSR count). The molecule has 0 bridgehead atoms. The average Bonchev–Trinajstić information content (AvgIpc) is 3.20. The summed E-state index contributed by atoms with van der Waals surface area (Å²) in [5.41, 5.74) is 2.04. The van der Waals surface area contributed by atoms with E-state index in [2.05, 4.69) is 36.5 Å². The second-order valence-electron chi connectivity index (χ2n) is 6.31. The molecule has 0 aliphatic heterocycles. The zero-order chi connectivity index (χ0) is 20.9. The molecule has 0 aliphatic carbocycles. The van der Waals surface area contributed by atoms with Gasteiger partial charge in [-0.05, 0) is 48.5 Å². The number of nitrogens with zero attached hydrogens (tertiary/aromatic N) is 4. The van der Waals surface area contributed by atoms with Crippen LogP contribution in [0.5, 0.6) is 11.6 Å². The monoisotopic (exact) mass is 467 g/mol. The highest BCUT2D eigenvalue weighted by atomic mass is 79.9. The minimum absolute atomic E-state index is 0.163. The molecule has 4 aromatic rings. The molecule has 2 heterocycles. The van der Waals surface area contributed by atoms with E-state index in [9.17, 15) is 4.79 Å². The summed E-state index contributed by atoms with van der Waals surface area (Å²) in [6.45, 7) is 0.622. The lowest BCUT2D eigenvalue weighted by molar-refractivity contribution is 0.0946. The van der Waals surface area contributed by atoms with Gasteiger partial charge >= 0.3 is 0 Å². The molecule has 0 saturated carbocycles. The number of methoxy groups -OCH3 is 1. The Bertz CT molecular complexity index is 1180. The highest BCUT2D eigenvalue weighted by Crippen LogP contribution is 2.21. The van der Waals surface area contributed by atoms with E-state index in [1.807, 2.05) is 36.4 Å². The SMILES string of the molecule is COc1ccc(-c2nnc3ccc(OCCNC(=O)c4cccc(Br)c4)nn23)cc1. The lowest BCUT2D eigenvalue weighted by Gasteiger charge is -2.08. The quantitative estimate of drug-likeness (QED) is 0.419. The number of nitrogens with one attached hydrogen (secondary N) is 1. The second kappa shape index (κ2) is 8.91. The number of fused-ring (bicyclic) bond motifs is 1. The minimum Gasteiger partial charge on any atom is -0.497 e. The Labute approximate surface area is 181 Å². The molecule has 1 amide bonds. The first kappa shape index (κ1) is 19.8. The van der Waals surface area contributed by atoms with Crippen LogP contribution in [-0.2, 0) is 0 Å². The maximum atomic E-state index is 12.2. The van der Waals surface area contributed by atoms with Gasteiger partial charge in [0.1, 0.15) is 12.4 Å². The van der Waals surface area contributed by atoms with E-state index in [1.165, 1.54) is 0 Å². The summed E-state index contributed by atoms with van der Waals surface area (Å²) in [7, 11) is 1.62. The number of rotatable bonds is 7. The molecule has 0 unspecified atom stereocenters. The zero-order valence-corrected chi connectivity index (χ0v) is 17.7. The van der Waals surface area contributed by atoms with E-state index in [4.69, 9.17) is 9.47 Å². The molecule has 1 N–H and O–H groups in total. The largest absolute Gasteiger partial charge is 0.497 e. The summed E-state index contributed by atoms with van der Waals surface area (Å²) in [6.07, 6.45) is 0. The third-order valence-corrected chi connectivity index (χ3v) is 4.80. The van der Waals surface area contributed by atoms with Crippen molar-refractivity contribution < 1.29 is 14.3 Å². The van der Waals surface area contributed by atoms with E-state index in [0.29, 0.717) is 29.5 Å².